The number of carbonyl (C=O) groups excluding carboxylic acids is 2. The van der Waals surface area contributed by atoms with Gasteiger partial charge in [0.25, 0.3) is 5.91 Å². The number of hydrogen-bond donors (Lipinski definition) is 3. The first-order valence-corrected chi connectivity index (χ1v) is 10.7. The van der Waals surface area contributed by atoms with Crippen LogP contribution in [0.2, 0.25) is 5.02 Å². The molecule has 0 bridgehead atoms. The number of carboxylic acids is 1. The predicted octanol–water partition coefficient (Wildman–Crippen LogP) is 3.36. The van der Waals surface area contributed by atoms with E-state index in [1.165, 1.54) is 0 Å². The topological polar surface area (TPSA) is 119 Å². The number of esters is 1. The van der Waals surface area contributed by atoms with Gasteiger partial charge < -0.3 is 20.9 Å². The lowest BCUT2D eigenvalue weighted by Crippen LogP contribution is -2.61. The molecule has 0 spiro atoms. The molecule has 0 aliphatic heterocycles. The van der Waals surface area contributed by atoms with Gasteiger partial charge >= 0.3 is 11.9 Å². The Morgan fingerprint density at radius 1 is 1.09 bits per heavy atom. The van der Waals surface area contributed by atoms with Crippen molar-refractivity contribution in [3.63, 3.8) is 0 Å². The molecule has 1 amide bonds. The summed E-state index contributed by atoms with van der Waals surface area (Å²) in [6.45, 7) is 3.21. The number of hydrogen-bond acceptors (Lipinski definition) is 5. The van der Waals surface area contributed by atoms with E-state index >= 15 is 0 Å². The van der Waals surface area contributed by atoms with E-state index < -0.39 is 40.7 Å². The molecule has 2 aromatic carbocycles. The highest BCUT2D eigenvalue weighted by atomic mass is 35.5. The number of nitrogens with one attached hydrogen (secondary N) is 1. The molecule has 0 aliphatic carbocycles. The van der Waals surface area contributed by atoms with Crippen molar-refractivity contribution in [2.45, 2.75) is 37.9 Å². The molecule has 0 aromatic heterocycles. The van der Waals surface area contributed by atoms with Crippen LogP contribution in [0.25, 0.3) is 0 Å². The summed E-state index contributed by atoms with van der Waals surface area (Å²) >= 11 is 12.4. The van der Waals surface area contributed by atoms with Crippen molar-refractivity contribution < 1.29 is 24.2 Å². The van der Waals surface area contributed by atoms with Crippen molar-refractivity contribution in [1.29, 1.82) is 0 Å². The third-order valence-corrected chi connectivity index (χ3v) is 5.71. The van der Waals surface area contributed by atoms with Crippen LogP contribution in [0.1, 0.15) is 25.0 Å². The van der Waals surface area contributed by atoms with Crippen LogP contribution < -0.4 is 11.1 Å². The van der Waals surface area contributed by atoms with Crippen molar-refractivity contribution in [1.82, 2.24) is 5.32 Å². The van der Waals surface area contributed by atoms with Crippen LogP contribution in [0.4, 0.5) is 0 Å². The predicted molar refractivity (Wildman–Crippen MR) is 122 cm³/mol. The van der Waals surface area contributed by atoms with E-state index in [-0.39, 0.29) is 13.0 Å². The minimum absolute atomic E-state index is 0.0260. The maximum Gasteiger partial charge on any atom is 0.326 e. The Morgan fingerprint density at radius 3 is 2.25 bits per heavy atom. The Hall–Kier alpha value is -2.61. The van der Waals surface area contributed by atoms with E-state index in [1.807, 2.05) is 0 Å². The fourth-order valence-electron chi connectivity index (χ4n) is 3.24. The Morgan fingerprint density at radius 2 is 1.69 bits per heavy atom. The molecule has 3 atom stereocenters. The van der Waals surface area contributed by atoms with Crippen molar-refractivity contribution in [3.8, 4) is 0 Å². The van der Waals surface area contributed by atoms with E-state index in [1.54, 1.807) is 68.4 Å². The lowest BCUT2D eigenvalue weighted by Gasteiger charge is -2.32. The molecule has 9 heteroatoms. The normalized spacial score (nSPS) is 14.8. The summed E-state index contributed by atoms with van der Waals surface area (Å²) in [6.07, 6.45) is 0.0260. The molecule has 32 heavy (non-hydrogen) atoms. The number of alkyl halides is 1. The standard InChI is InChI=1S/C23H26Cl2N2O5/c1-14(2)19(21(30)32-13-16-10-6-7-11-17(16)24)23(25,26)22(31)27-18(20(28)29)12-15-8-4-3-5-9-15/h3-11,14,18-19H,12-13,26H2,1-2H3,(H,27,31)(H,28,29)/t18-,19?,23-/m0/s1. The number of carboxylic acid groups (broad SMARTS) is 1. The summed E-state index contributed by atoms with van der Waals surface area (Å²) < 4.78 is 5.33. The van der Waals surface area contributed by atoms with Gasteiger partial charge in [0.2, 0.25) is 0 Å². The molecular weight excluding hydrogens is 455 g/mol. The molecule has 0 radical (unpaired) electrons. The number of amides is 1. The summed E-state index contributed by atoms with van der Waals surface area (Å²) in [5.41, 5.74) is 7.37. The van der Waals surface area contributed by atoms with Crippen LogP contribution in [0.15, 0.2) is 54.6 Å². The summed E-state index contributed by atoms with van der Waals surface area (Å²) in [7, 11) is 0. The molecule has 2 rings (SSSR count). The molecule has 4 N–H and O–H groups in total. The monoisotopic (exact) mass is 480 g/mol. The van der Waals surface area contributed by atoms with Gasteiger partial charge in [-0.1, -0.05) is 85.6 Å². The minimum Gasteiger partial charge on any atom is -0.480 e. The summed E-state index contributed by atoms with van der Waals surface area (Å²) in [5.74, 6) is -4.73. The Bertz CT molecular complexity index is 950. The van der Waals surface area contributed by atoms with E-state index in [2.05, 4.69) is 5.32 Å². The van der Waals surface area contributed by atoms with Gasteiger partial charge in [-0.25, -0.2) is 4.79 Å². The zero-order chi connectivity index (χ0) is 23.9. The molecule has 0 saturated carbocycles. The highest BCUT2D eigenvalue weighted by Crippen LogP contribution is 2.30. The van der Waals surface area contributed by atoms with E-state index in [0.29, 0.717) is 16.1 Å². The first kappa shape index (κ1) is 25.6. The summed E-state index contributed by atoms with van der Waals surface area (Å²) in [4.78, 5) is 35.2. The quantitative estimate of drug-likeness (QED) is 0.272. The largest absolute Gasteiger partial charge is 0.480 e. The minimum atomic E-state index is -2.23. The molecule has 1 unspecified atom stereocenters. The van der Waals surface area contributed by atoms with Crippen LogP contribution in [0, 0.1) is 11.8 Å². The number of carbonyl (C=O) groups is 3. The zero-order valence-corrected chi connectivity index (χ0v) is 19.3. The summed E-state index contributed by atoms with van der Waals surface area (Å²) in [6, 6.07) is 14.4. The van der Waals surface area contributed by atoms with Gasteiger partial charge in [-0.05, 0) is 17.5 Å². The third kappa shape index (κ3) is 6.69. The number of aliphatic carboxylic acids is 1. The Kier molecular flexibility index (Phi) is 9.07. The van der Waals surface area contributed by atoms with Crippen LogP contribution in [0.3, 0.4) is 0 Å². The number of benzene rings is 2. The van der Waals surface area contributed by atoms with Gasteiger partial charge in [0.15, 0.2) is 5.00 Å². The highest BCUT2D eigenvalue weighted by Gasteiger charge is 2.48. The van der Waals surface area contributed by atoms with E-state index in [9.17, 15) is 19.5 Å². The maximum atomic E-state index is 12.9. The summed E-state index contributed by atoms with van der Waals surface area (Å²) in [5, 5.41) is 12.3. The Labute approximate surface area is 196 Å². The number of halogens is 2. The van der Waals surface area contributed by atoms with Crippen LogP contribution in [-0.2, 0) is 32.1 Å². The second kappa shape index (κ2) is 11.3. The van der Waals surface area contributed by atoms with Gasteiger partial charge in [0.1, 0.15) is 18.6 Å². The van der Waals surface area contributed by atoms with Crippen molar-refractivity contribution in [3.05, 3.63) is 70.7 Å². The highest BCUT2D eigenvalue weighted by molar-refractivity contribution is 6.36. The second-order valence-electron chi connectivity index (χ2n) is 7.74. The molecule has 7 nitrogen and oxygen atoms in total. The molecule has 0 saturated heterocycles. The third-order valence-electron chi connectivity index (χ3n) is 4.94. The van der Waals surface area contributed by atoms with Gasteiger partial charge in [-0.15, -0.1) is 0 Å². The zero-order valence-electron chi connectivity index (χ0n) is 17.8. The molecule has 172 valence electrons. The van der Waals surface area contributed by atoms with Crippen molar-refractivity contribution >= 4 is 41.0 Å². The van der Waals surface area contributed by atoms with Gasteiger partial charge in [0, 0.05) is 17.0 Å². The lowest BCUT2D eigenvalue weighted by molar-refractivity contribution is -0.155. The average Bonchev–Trinajstić information content (AvgIpc) is 2.72. The van der Waals surface area contributed by atoms with Crippen LogP contribution in [0.5, 0.6) is 0 Å². The molecule has 2 aromatic rings. The van der Waals surface area contributed by atoms with E-state index in [4.69, 9.17) is 33.7 Å². The smallest absolute Gasteiger partial charge is 0.326 e. The van der Waals surface area contributed by atoms with Crippen LogP contribution in [-0.4, -0.2) is 34.0 Å². The first-order valence-electron chi connectivity index (χ1n) is 9.99. The molecule has 0 aliphatic rings. The lowest BCUT2D eigenvalue weighted by atomic mass is 9.87. The first-order chi connectivity index (χ1) is 15.0. The molecular formula is C23H26Cl2N2O5. The van der Waals surface area contributed by atoms with Crippen molar-refractivity contribution in [2.24, 2.45) is 17.6 Å². The van der Waals surface area contributed by atoms with E-state index in [0.717, 1.165) is 0 Å². The van der Waals surface area contributed by atoms with Gasteiger partial charge in [0.05, 0.1) is 0 Å². The second-order valence-corrected chi connectivity index (χ2v) is 8.78. The maximum absolute atomic E-state index is 12.9. The fraction of sp³-hybridized carbons (Fsp3) is 0.348. The number of rotatable bonds is 10. The van der Waals surface area contributed by atoms with Crippen molar-refractivity contribution in [2.75, 3.05) is 0 Å². The fourth-order valence-corrected chi connectivity index (χ4v) is 3.83. The molecule has 0 fully saturated rings. The van der Waals surface area contributed by atoms with Gasteiger partial charge in [-0.2, -0.15) is 0 Å². The van der Waals surface area contributed by atoms with Gasteiger partial charge in [-0.3, -0.25) is 9.59 Å². The number of ether oxygens (including phenoxy) is 1. The SMILES string of the molecule is CC(C)C(C(=O)OCc1ccccc1Cl)[C@@](N)(Cl)C(=O)N[C@@H](Cc1ccccc1)C(=O)O. The Balaban J connectivity index is 2.14. The van der Waals surface area contributed by atoms with Crippen LogP contribution >= 0.6 is 23.2 Å². The average molecular weight is 481 g/mol. The number of nitrogens with two attached hydrogens (primary N) is 1. The molecule has 0 heterocycles.